The number of pyridine rings is 1. The van der Waals surface area contributed by atoms with E-state index in [4.69, 9.17) is 10.5 Å². The van der Waals surface area contributed by atoms with Crippen LogP contribution in [0.3, 0.4) is 0 Å². The zero-order chi connectivity index (χ0) is 16.3. The molecule has 0 atom stereocenters. The highest BCUT2D eigenvalue weighted by Gasteiger charge is 2.17. The van der Waals surface area contributed by atoms with Crippen molar-refractivity contribution in [1.82, 2.24) is 4.57 Å². The van der Waals surface area contributed by atoms with Gasteiger partial charge in [0, 0.05) is 12.6 Å². The second kappa shape index (κ2) is 5.90. The van der Waals surface area contributed by atoms with Crippen molar-refractivity contribution in [3.63, 3.8) is 0 Å². The van der Waals surface area contributed by atoms with E-state index in [2.05, 4.69) is 10.2 Å². The monoisotopic (exact) mass is 293 g/mol. The number of aromatic hydroxyl groups is 1. The van der Waals surface area contributed by atoms with Gasteiger partial charge in [0.25, 0.3) is 5.56 Å². The van der Waals surface area contributed by atoms with E-state index >= 15 is 0 Å². The highest BCUT2D eigenvalue weighted by atomic mass is 16.3. The SMILES string of the molecule is Cc1c(C#N)c(O)n(C)c(=O)c1N=Nc1ccccc1C#N. The Morgan fingerprint density at radius 2 is 1.86 bits per heavy atom. The van der Waals surface area contributed by atoms with Gasteiger partial charge in [-0.3, -0.25) is 9.36 Å². The van der Waals surface area contributed by atoms with E-state index in [-0.39, 0.29) is 16.8 Å². The highest BCUT2D eigenvalue weighted by Crippen LogP contribution is 2.26. The third-order valence-corrected chi connectivity index (χ3v) is 3.17. The number of hydrogen-bond donors (Lipinski definition) is 1. The Balaban J connectivity index is 2.63. The lowest BCUT2D eigenvalue weighted by atomic mass is 10.1. The summed E-state index contributed by atoms with van der Waals surface area (Å²) in [7, 11) is 1.33. The fourth-order valence-corrected chi connectivity index (χ4v) is 1.88. The Morgan fingerprint density at radius 1 is 1.18 bits per heavy atom. The average Bonchev–Trinajstić information content (AvgIpc) is 2.53. The molecule has 2 rings (SSSR count). The maximum absolute atomic E-state index is 12.1. The molecule has 0 spiro atoms. The van der Waals surface area contributed by atoms with E-state index in [0.29, 0.717) is 11.3 Å². The smallest absolute Gasteiger partial charge is 0.281 e. The molecular weight excluding hydrogens is 282 g/mol. The van der Waals surface area contributed by atoms with E-state index in [1.807, 2.05) is 12.1 Å². The molecular formula is C15H11N5O2. The van der Waals surface area contributed by atoms with Crippen LogP contribution < -0.4 is 5.56 Å². The van der Waals surface area contributed by atoms with Gasteiger partial charge < -0.3 is 5.11 Å². The van der Waals surface area contributed by atoms with Crippen LogP contribution in [0.4, 0.5) is 11.4 Å². The molecule has 2 aromatic rings. The summed E-state index contributed by atoms with van der Waals surface area (Å²) >= 11 is 0. The molecule has 0 amide bonds. The molecule has 0 aliphatic carbocycles. The van der Waals surface area contributed by atoms with E-state index in [1.54, 1.807) is 24.3 Å². The molecule has 1 aromatic carbocycles. The van der Waals surface area contributed by atoms with E-state index in [1.165, 1.54) is 14.0 Å². The quantitative estimate of drug-likeness (QED) is 0.856. The molecule has 1 aromatic heterocycles. The molecule has 0 aliphatic rings. The number of hydrogen-bond acceptors (Lipinski definition) is 6. The van der Waals surface area contributed by atoms with E-state index in [9.17, 15) is 9.90 Å². The van der Waals surface area contributed by atoms with Gasteiger partial charge in [0.15, 0.2) is 5.69 Å². The second-order valence-corrected chi connectivity index (χ2v) is 4.48. The lowest BCUT2D eigenvalue weighted by molar-refractivity contribution is 0.421. The van der Waals surface area contributed by atoms with Gasteiger partial charge in [-0.15, -0.1) is 10.2 Å². The average molecular weight is 293 g/mol. The van der Waals surface area contributed by atoms with Gasteiger partial charge >= 0.3 is 0 Å². The lowest BCUT2D eigenvalue weighted by Crippen LogP contribution is -2.18. The largest absolute Gasteiger partial charge is 0.493 e. The van der Waals surface area contributed by atoms with Crippen molar-refractivity contribution in [3.8, 4) is 18.0 Å². The van der Waals surface area contributed by atoms with Gasteiger partial charge in [-0.05, 0) is 19.1 Å². The first kappa shape index (κ1) is 14.9. The predicted molar refractivity (Wildman–Crippen MR) is 78.1 cm³/mol. The molecule has 7 heteroatoms. The number of nitriles is 2. The van der Waals surface area contributed by atoms with Crippen LogP contribution in [0.5, 0.6) is 5.88 Å². The summed E-state index contributed by atoms with van der Waals surface area (Å²) in [6.45, 7) is 1.50. The van der Waals surface area contributed by atoms with Gasteiger partial charge in [0.1, 0.15) is 23.4 Å². The van der Waals surface area contributed by atoms with Crippen LogP contribution in [-0.4, -0.2) is 9.67 Å². The summed E-state index contributed by atoms with van der Waals surface area (Å²) in [5, 5.41) is 35.6. The first-order valence-corrected chi connectivity index (χ1v) is 6.24. The van der Waals surface area contributed by atoms with Gasteiger partial charge in [-0.2, -0.15) is 10.5 Å². The van der Waals surface area contributed by atoms with Crippen LogP contribution in [0.1, 0.15) is 16.7 Å². The molecule has 0 fully saturated rings. The minimum atomic E-state index is -0.577. The minimum absolute atomic E-state index is 0.0374. The summed E-state index contributed by atoms with van der Waals surface area (Å²) < 4.78 is 0.927. The maximum Gasteiger partial charge on any atom is 0.281 e. The van der Waals surface area contributed by atoms with Crippen molar-refractivity contribution < 1.29 is 5.11 Å². The van der Waals surface area contributed by atoms with Crippen LogP contribution in [0, 0.1) is 29.6 Å². The van der Waals surface area contributed by atoms with Crippen molar-refractivity contribution in [2.75, 3.05) is 0 Å². The van der Waals surface area contributed by atoms with Gasteiger partial charge in [-0.1, -0.05) is 12.1 Å². The Morgan fingerprint density at radius 3 is 2.50 bits per heavy atom. The zero-order valence-corrected chi connectivity index (χ0v) is 11.9. The molecule has 7 nitrogen and oxygen atoms in total. The second-order valence-electron chi connectivity index (χ2n) is 4.48. The number of rotatable bonds is 2. The lowest BCUT2D eigenvalue weighted by Gasteiger charge is -2.08. The molecule has 1 heterocycles. The molecule has 0 saturated heterocycles. The normalized spacial score (nSPS) is 10.4. The van der Waals surface area contributed by atoms with Gasteiger partial charge in [0.05, 0.1) is 5.56 Å². The van der Waals surface area contributed by atoms with Crippen molar-refractivity contribution >= 4 is 11.4 Å². The summed E-state index contributed by atoms with van der Waals surface area (Å²) in [4.78, 5) is 12.1. The fourth-order valence-electron chi connectivity index (χ4n) is 1.88. The number of benzene rings is 1. The molecule has 0 unspecified atom stereocenters. The minimum Gasteiger partial charge on any atom is -0.493 e. The Kier molecular flexibility index (Phi) is 4.01. The van der Waals surface area contributed by atoms with Crippen LogP contribution >= 0.6 is 0 Å². The molecule has 0 aliphatic heterocycles. The Bertz CT molecular complexity index is 913. The van der Waals surface area contributed by atoms with Crippen LogP contribution in [0.15, 0.2) is 39.3 Å². The standard InChI is InChI=1S/C15H11N5O2/c1-9-11(8-17)14(21)20(2)15(22)13(9)19-18-12-6-4-3-5-10(12)7-16/h3-6,21H,1-2H3. The number of azo groups is 1. The van der Waals surface area contributed by atoms with Gasteiger partial charge in [-0.25, -0.2) is 0 Å². The molecule has 22 heavy (non-hydrogen) atoms. The topological polar surface area (TPSA) is 115 Å². The van der Waals surface area contributed by atoms with E-state index < -0.39 is 11.4 Å². The Hall–Kier alpha value is -3.45. The maximum atomic E-state index is 12.1. The summed E-state index contributed by atoms with van der Waals surface area (Å²) in [6, 6.07) is 10.4. The highest BCUT2D eigenvalue weighted by molar-refractivity contribution is 5.57. The third kappa shape index (κ3) is 2.43. The molecule has 0 bridgehead atoms. The molecule has 1 N–H and O–H groups in total. The van der Waals surface area contributed by atoms with Crippen LogP contribution in [-0.2, 0) is 7.05 Å². The summed E-state index contributed by atoms with van der Waals surface area (Å²) in [6.07, 6.45) is 0. The molecule has 108 valence electrons. The molecule has 0 radical (unpaired) electrons. The first-order chi connectivity index (χ1) is 10.5. The number of nitrogens with zero attached hydrogens (tertiary/aromatic N) is 5. The molecule has 0 saturated carbocycles. The van der Waals surface area contributed by atoms with Crippen molar-refractivity contribution in [2.24, 2.45) is 17.3 Å². The van der Waals surface area contributed by atoms with Crippen LogP contribution in [0.25, 0.3) is 0 Å². The third-order valence-electron chi connectivity index (χ3n) is 3.17. The van der Waals surface area contributed by atoms with Gasteiger partial charge in [0.2, 0.25) is 5.88 Å². The van der Waals surface area contributed by atoms with E-state index in [0.717, 1.165) is 4.57 Å². The van der Waals surface area contributed by atoms with Crippen molar-refractivity contribution in [2.45, 2.75) is 6.92 Å². The van der Waals surface area contributed by atoms with Crippen molar-refractivity contribution in [1.29, 1.82) is 10.5 Å². The first-order valence-electron chi connectivity index (χ1n) is 6.24. The predicted octanol–water partition coefficient (Wildman–Crippen LogP) is 2.56. The summed E-state index contributed by atoms with van der Waals surface area (Å²) in [5.41, 5.74) is 0.209. The zero-order valence-electron chi connectivity index (χ0n) is 11.9. The van der Waals surface area contributed by atoms with Crippen molar-refractivity contribution in [3.05, 3.63) is 51.3 Å². The number of aromatic nitrogens is 1. The summed E-state index contributed by atoms with van der Waals surface area (Å²) in [5.74, 6) is -0.415. The fraction of sp³-hybridized carbons (Fsp3) is 0.133. The van der Waals surface area contributed by atoms with Crippen LogP contribution in [0.2, 0.25) is 0 Å². The Labute approximate surface area is 126 Å².